The summed E-state index contributed by atoms with van der Waals surface area (Å²) in [6, 6.07) is 8.76. The largest absolute Gasteiger partial charge is 0.433 e. The SMILES string of the molecule is CC(C)c1cc(C(F)(F)F)n2nc([C@@H]3CCCN(C(=O)Cc4ccccc4F)C3)cc2n1. The summed E-state index contributed by atoms with van der Waals surface area (Å²) in [7, 11) is 0. The minimum Gasteiger partial charge on any atom is -0.342 e. The van der Waals surface area contributed by atoms with Gasteiger partial charge in [-0.15, -0.1) is 0 Å². The molecule has 32 heavy (non-hydrogen) atoms. The topological polar surface area (TPSA) is 50.5 Å². The lowest BCUT2D eigenvalue weighted by molar-refractivity contribution is -0.142. The number of benzene rings is 1. The van der Waals surface area contributed by atoms with Gasteiger partial charge in [0.25, 0.3) is 0 Å². The van der Waals surface area contributed by atoms with Crippen molar-refractivity contribution >= 4 is 11.6 Å². The summed E-state index contributed by atoms with van der Waals surface area (Å²) in [4.78, 5) is 18.7. The van der Waals surface area contributed by atoms with Gasteiger partial charge in [0.15, 0.2) is 5.65 Å². The molecular formula is C23H24F4N4O. The number of carbonyl (C=O) groups excluding carboxylic acids is 1. The van der Waals surface area contributed by atoms with Gasteiger partial charge >= 0.3 is 6.18 Å². The Bertz CT molecular complexity index is 1140. The molecule has 5 nitrogen and oxygen atoms in total. The lowest BCUT2D eigenvalue weighted by Gasteiger charge is -2.32. The number of piperidine rings is 1. The quantitative estimate of drug-likeness (QED) is 0.530. The summed E-state index contributed by atoms with van der Waals surface area (Å²) >= 11 is 0. The minimum atomic E-state index is -4.57. The fourth-order valence-corrected chi connectivity index (χ4v) is 4.07. The van der Waals surface area contributed by atoms with Crippen LogP contribution in [-0.2, 0) is 17.4 Å². The third-order valence-corrected chi connectivity index (χ3v) is 5.84. The van der Waals surface area contributed by atoms with Gasteiger partial charge in [-0.05, 0) is 36.5 Å². The van der Waals surface area contributed by atoms with Gasteiger partial charge in [-0.25, -0.2) is 13.9 Å². The summed E-state index contributed by atoms with van der Waals surface area (Å²) < 4.78 is 55.7. The lowest BCUT2D eigenvalue weighted by Crippen LogP contribution is -2.40. The number of carbonyl (C=O) groups is 1. The van der Waals surface area contributed by atoms with Gasteiger partial charge in [0.1, 0.15) is 11.5 Å². The highest BCUT2D eigenvalue weighted by atomic mass is 19.4. The van der Waals surface area contributed by atoms with Crippen LogP contribution in [0.5, 0.6) is 0 Å². The molecule has 0 saturated carbocycles. The van der Waals surface area contributed by atoms with Crippen LogP contribution in [0.3, 0.4) is 0 Å². The monoisotopic (exact) mass is 448 g/mol. The average molecular weight is 448 g/mol. The lowest BCUT2D eigenvalue weighted by atomic mass is 9.94. The maximum absolute atomic E-state index is 13.9. The standard InChI is InChI=1S/C23H24F4N4O/c1-14(2)18-11-20(23(25,26)27)31-21(28-18)12-19(29-31)16-7-5-9-30(13-16)22(32)10-15-6-3-4-8-17(15)24/h3-4,6,8,11-12,14,16H,5,7,9-10,13H2,1-2H3/t16-/m1/s1. The van der Waals surface area contributed by atoms with Crippen molar-refractivity contribution in [1.29, 1.82) is 0 Å². The van der Waals surface area contributed by atoms with Crippen molar-refractivity contribution in [3.05, 3.63) is 64.9 Å². The first-order valence-electron chi connectivity index (χ1n) is 10.6. The summed E-state index contributed by atoms with van der Waals surface area (Å²) in [5.74, 6) is -1.01. The molecule has 1 fully saturated rings. The van der Waals surface area contributed by atoms with E-state index in [-0.39, 0.29) is 29.8 Å². The van der Waals surface area contributed by atoms with E-state index in [0.717, 1.165) is 10.6 Å². The zero-order chi connectivity index (χ0) is 23.0. The number of amides is 1. The molecule has 1 aliphatic heterocycles. The van der Waals surface area contributed by atoms with Gasteiger partial charge in [0, 0.05) is 30.8 Å². The average Bonchev–Trinajstić information content (AvgIpc) is 3.18. The molecule has 1 atom stereocenters. The first kappa shape index (κ1) is 22.2. The van der Waals surface area contributed by atoms with Gasteiger partial charge in [-0.3, -0.25) is 4.79 Å². The van der Waals surface area contributed by atoms with Crippen molar-refractivity contribution in [3.63, 3.8) is 0 Å². The van der Waals surface area contributed by atoms with Gasteiger partial charge in [-0.2, -0.15) is 18.3 Å². The molecule has 0 bridgehead atoms. The Morgan fingerprint density at radius 2 is 1.97 bits per heavy atom. The number of nitrogens with zero attached hydrogens (tertiary/aromatic N) is 4. The van der Waals surface area contributed by atoms with Gasteiger partial charge in [0.05, 0.1) is 12.1 Å². The number of hydrogen-bond acceptors (Lipinski definition) is 3. The normalized spacial score (nSPS) is 17.3. The van der Waals surface area contributed by atoms with E-state index < -0.39 is 17.7 Å². The fraction of sp³-hybridized carbons (Fsp3) is 0.435. The summed E-state index contributed by atoms with van der Waals surface area (Å²) in [6.07, 6.45) is -3.23. The third-order valence-electron chi connectivity index (χ3n) is 5.84. The first-order chi connectivity index (χ1) is 15.1. The van der Waals surface area contributed by atoms with E-state index in [4.69, 9.17) is 0 Å². The van der Waals surface area contributed by atoms with Gasteiger partial charge in [0.2, 0.25) is 5.91 Å². The first-order valence-corrected chi connectivity index (χ1v) is 10.6. The molecule has 1 amide bonds. The smallest absolute Gasteiger partial charge is 0.342 e. The van der Waals surface area contributed by atoms with E-state index in [1.165, 1.54) is 6.07 Å². The molecule has 4 rings (SSSR count). The Kier molecular flexibility index (Phi) is 5.92. The second-order valence-corrected chi connectivity index (χ2v) is 8.51. The van der Waals surface area contributed by atoms with E-state index in [9.17, 15) is 22.4 Å². The van der Waals surface area contributed by atoms with Crippen molar-refractivity contribution in [1.82, 2.24) is 19.5 Å². The number of likely N-dealkylation sites (tertiary alicyclic amines) is 1. The second-order valence-electron chi connectivity index (χ2n) is 8.51. The third kappa shape index (κ3) is 4.47. The van der Waals surface area contributed by atoms with Crippen LogP contribution < -0.4 is 0 Å². The van der Waals surface area contributed by atoms with E-state index in [1.54, 1.807) is 43.0 Å². The number of alkyl halides is 3. The van der Waals surface area contributed by atoms with Crippen LogP contribution in [0.4, 0.5) is 17.6 Å². The molecule has 1 aromatic carbocycles. The van der Waals surface area contributed by atoms with E-state index >= 15 is 0 Å². The molecule has 3 aromatic rings. The zero-order valence-corrected chi connectivity index (χ0v) is 17.9. The molecule has 0 aliphatic carbocycles. The molecule has 9 heteroatoms. The number of rotatable bonds is 4. The molecule has 3 heterocycles. The fourth-order valence-electron chi connectivity index (χ4n) is 4.07. The van der Waals surface area contributed by atoms with Crippen molar-refractivity contribution < 1.29 is 22.4 Å². The maximum atomic E-state index is 13.9. The van der Waals surface area contributed by atoms with Crippen LogP contribution in [0.25, 0.3) is 5.65 Å². The molecule has 1 saturated heterocycles. The molecular weight excluding hydrogens is 424 g/mol. The van der Waals surface area contributed by atoms with Crippen molar-refractivity contribution in [3.8, 4) is 0 Å². The highest BCUT2D eigenvalue weighted by Crippen LogP contribution is 2.33. The molecule has 0 spiro atoms. The highest BCUT2D eigenvalue weighted by Gasteiger charge is 2.36. The number of fused-ring (bicyclic) bond motifs is 1. The van der Waals surface area contributed by atoms with Crippen LogP contribution in [-0.4, -0.2) is 38.5 Å². The van der Waals surface area contributed by atoms with Gasteiger partial charge < -0.3 is 4.90 Å². The Labute approximate surface area is 183 Å². The van der Waals surface area contributed by atoms with Crippen LogP contribution in [0.15, 0.2) is 36.4 Å². The molecule has 0 radical (unpaired) electrons. The van der Waals surface area contributed by atoms with E-state index in [1.807, 2.05) is 0 Å². The number of aromatic nitrogens is 3. The maximum Gasteiger partial charge on any atom is 0.433 e. The molecule has 0 N–H and O–H groups in total. The van der Waals surface area contributed by atoms with Crippen LogP contribution in [0, 0.1) is 5.82 Å². The van der Waals surface area contributed by atoms with Crippen molar-refractivity contribution in [2.75, 3.05) is 13.1 Å². The van der Waals surface area contributed by atoms with Gasteiger partial charge in [-0.1, -0.05) is 32.0 Å². The molecule has 0 unspecified atom stereocenters. The number of hydrogen-bond donors (Lipinski definition) is 0. The predicted molar refractivity (Wildman–Crippen MR) is 111 cm³/mol. The van der Waals surface area contributed by atoms with Crippen LogP contribution in [0.2, 0.25) is 0 Å². The predicted octanol–water partition coefficient (Wildman–Crippen LogP) is 4.96. The summed E-state index contributed by atoms with van der Waals surface area (Å²) in [6.45, 7) is 4.43. The van der Waals surface area contributed by atoms with Crippen LogP contribution in [0.1, 0.15) is 61.2 Å². The molecule has 1 aliphatic rings. The molecule has 2 aromatic heterocycles. The Morgan fingerprint density at radius 3 is 2.66 bits per heavy atom. The Morgan fingerprint density at radius 1 is 1.22 bits per heavy atom. The summed E-state index contributed by atoms with van der Waals surface area (Å²) in [5.41, 5.74) is 0.440. The highest BCUT2D eigenvalue weighted by molar-refractivity contribution is 5.79. The van der Waals surface area contributed by atoms with Crippen molar-refractivity contribution in [2.24, 2.45) is 0 Å². The van der Waals surface area contributed by atoms with E-state index in [0.29, 0.717) is 42.9 Å². The van der Waals surface area contributed by atoms with E-state index in [2.05, 4.69) is 10.1 Å². The zero-order valence-electron chi connectivity index (χ0n) is 17.9. The summed E-state index contributed by atoms with van der Waals surface area (Å²) in [5, 5.41) is 4.23. The van der Waals surface area contributed by atoms with Crippen molar-refractivity contribution in [2.45, 2.75) is 51.1 Å². The second kappa shape index (κ2) is 8.52. The Hall–Kier alpha value is -2.97. The number of halogens is 4. The van der Waals surface area contributed by atoms with Crippen LogP contribution >= 0.6 is 0 Å². The molecule has 170 valence electrons. The Balaban J connectivity index is 1.60. The minimum absolute atomic E-state index is 0.0535.